The summed E-state index contributed by atoms with van der Waals surface area (Å²) in [5, 5.41) is 0. The molecule has 0 aliphatic carbocycles. The molecule has 0 saturated carbocycles. The molecule has 11 heteroatoms. The van der Waals surface area contributed by atoms with Crippen LogP contribution in [0.3, 0.4) is 0 Å². The third-order valence-corrected chi connectivity index (χ3v) is 11.1. The zero-order chi connectivity index (χ0) is 41.9. The molecule has 1 fully saturated rings. The van der Waals surface area contributed by atoms with Crippen LogP contribution in [0.15, 0.2) is 36.5 Å². The summed E-state index contributed by atoms with van der Waals surface area (Å²) in [5.41, 5.74) is 0. The Morgan fingerprint density at radius 3 is 1.72 bits per heavy atom. The van der Waals surface area contributed by atoms with E-state index in [1.54, 1.807) is 0 Å². The van der Waals surface area contributed by atoms with Gasteiger partial charge in [-0.25, -0.2) is 4.57 Å². The number of allylic oxidation sites excluding steroid dienone is 4. The van der Waals surface area contributed by atoms with Gasteiger partial charge in [-0.15, -0.1) is 0 Å². The maximum atomic E-state index is 12.7. The van der Waals surface area contributed by atoms with Gasteiger partial charge in [-0.1, -0.05) is 153 Å². The highest BCUT2D eigenvalue weighted by molar-refractivity contribution is 7.47. The van der Waals surface area contributed by atoms with Crippen molar-refractivity contribution in [2.75, 3.05) is 47.5 Å². The second-order valence-electron chi connectivity index (χ2n) is 16.8. The van der Waals surface area contributed by atoms with Crippen LogP contribution < -0.4 is 0 Å². The number of rotatable bonds is 40. The quantitative estimate of drug-likeness (QED) is 0.0161. The molecule has 0 radical (unpaired) electrons. The lowest BCUT2D eigenvalue weighted by atomic mass is 10.0. The van der Waals surface area contributed by atoms with E-state index in [4.69, 9.17) is 23.3 Å². The molecule has 4 unspecified atom stereocenters. The van der Waals surface area contributed by atoms with Gasteiger partial charge in [0, 0.05) is 12.8 Å². The van der Waals surface area contributed by atoms with Gasteiger partial charge in [0.1, 0.15) is 19.8 Å². The number of esters is 2. The van der Waals surface area contributed by atoms with Crippen LogP contribution in [-0.2, 0) is 37.4 Å². The summed E-state index contributed by atoms with van der Waals surface area (Å²) in [6.45, 7) is 4.32. The topological polar surface area (TPSA) is 121 Å². The lowest BCUT2D eigenvalue weighted by molar-refractivity contribution is -0.870. The van der Waals surface area contributed by atoms with Gasteiger partial charge in [-0.2, -0.15) is 0 Å². The third-order valence-electron chi connectivity index (χ3n) is 10.1. The van der Waals surface area contributed by atoms with Crippen molar-refractivity contribution < 1.29 is 46.8 Å². The Morgan fingerprint density at radius 1 is 0.632 bits per heavy atom. The lowest BCUT2D eigenvalue weighted by Gasteiger charge is -2.24. The number of hydrogen-bond donors (Lipinski definition) is 1. The van der Waals surface area contributed by atoms with Crippen molar-refractivity contribution in [3.05, 3.63) is 36.5 Å². The molecule has 10 nitrogen and oxygen atoms in total. The fraction of sp³-hybridized carbons (Fsp3) is 0.826. The number of carbonyl (C=O) groups is 2. The van der Waals surface area contributed by atoms with E-state index in [2.05, 4.69) is 44.2 Å². The van der Waals surface area contributed by atoms with E-state index in [1.807, 2.05) is 27.2 Å². The summed E-state index contributed by atoms with van der Waals surface area (Å²) < 4.78 is 40.0. The van der Waals surface area contributed by atoms with Crippen LogP contribution in [0.2, 0.25) is 0 Å². The van der Waals surface area contributed by atoms with E-state index < -0.39 is 26.5 Å². The Labute approximate surface area is 348 Å². The molecule has 1 rings (SSSR count). The van der Waals surface area contributed by atoms with Gasteiger partial charge >= 0.3 is 19.8 Å². The number of nitrogens with zero attached hydrogens (tertiary/aromatic N) is 1. The number of hydrogen-bond acceptors (Lipinski definition) is 8. The Balaban J connectivity index is 2.31. The molecule has 4 atom stereocenters. The van der Waals surface area contributed by atoms with Crippen LogP contribution in [0.5, 0.6) is 0 Å². The number of phosphoric acid groups is 1. The monoisotopic (exact) mass is 827 g/mol. The molecule has 332 valence electrons. The van der Waals surface area contributed by atoms with Gasteiger partial charge in [0.25, 0.3) is 0 Å². The van der Waals surface area contributed by atoms with Crippen LogP contribution >= 0.6 is 7.82 Å². The van der Waals surface area contributed by atoms with Gasteiger partial charge in [0.2, 0.25) is 0 Å². The molecule has 0 amide bonds. The van der Waals surface area contributed by atoms with Crippen LogP contribution in [0, 0.1) is 0 Å². The zero-order valence-corrected chi connectivity index (χ0v) is 37.9. The Morgan fingerprint density at radius 2 is 1.12 bits per heavy atom. The molecule has 0 aromatic heterocycles. The summed E-state index contributed by atoms with van der Waals surface area (Å²) in [6, 6.07) is 0. The van der Waals surface area contributed by atoms with Crippen molar-refractivity contribution in [1.82, 2.24) is 0 Å². The van der Waals surface area contributed by atoms with Gasteiger partial charge in [0.15, 0.2) is 6.10 Å². The summed E-state index contributed by atoms with van der Waals surface area (Å²) in [4.78, 5) is 35.4. The Bertz CT molecular complexity index is 1140. The van der Waals surface area contributed by atoms with E-state index in [0.29, 0.717) is 36.1 Å². The fourth-order valence-electron chi connectivity index (χ4n) is 6.34. The van der Waals surface area contributed by atoms with Crippen LogP contribution in [0.25, 0.3) is 0 Å². The maximum absolute atomic E-state index is 12.7. The maximum Gasteiger partial charge on any atom is 0.472 e. The van der Waals surface area contributed by atoms with E-state index in [9.17, 15) is 19.0 Å². The minimum absolute atomic E-state index is 0.0196. The third kappa shape index (κ3) is 35.8. The molecular weight excluding hydrogens is 741 g/mol. The second kappa shape index (κ2) is 35.0. The molecule has 1 N–H and O–H groups in total. The number of unbranched alkanes of at least 4 members (excludes halogenated alkanes) is 18. The molecule has 0 aromatic carbocycles. The molecule has 1 saturated heterocycles. The largest absolute Gasteiger partial charge is 0.472 e. The number of epoxide rings is 1. The number of likely N-dealkylation sites (N-methyl/N-ethyl adjacent to an activating group) is 1. The SMILES string of the molecule is CCCCC/C=C/CC1OC1C/C=C\C/C=C\CCCC(=O)OC(COC(=O)CCCCCCCCCCCCCCCCC)COP(=O)(O)OCC[N+](C)(C)C. The van der Waals surface area contributed by atoms with Gasteiger partial charge in [-0.3, -0.25) is 18.6 Å². The summed E-state index contributed by atoms with van der Waals surface area (Å²) >= 11 is 0. The van der Waals surface area contributed by atoms with Crippen molar-refractivity contribution >= 4 is 19.8 Å². The first kappa shape index (κ1) is 53.2. The summed E-state index contributed by atoms with van der Waals surface area (Å²) in [7, 11) is 1.44. The van der Waals surface area contributed by atoms with Gasteiger partial charge < -0.3 is 23.6 Å². The van der Waals surface area contributed by atoms with Crippen LogP contribution in [0.1, 0.15) is 181 Å². The van der Waals surface area contributed by atoms with Crippen molar-refractivity contribution in [3.8, 4) is 0 Å². The highest BCUT2D eigenvalue weighted by Crippen LogP contribution is 2.43. The van der Waals surface area contributed by atoms with Crippen molar-refractivity contribution in [2.45, 2.75) is 199 Å². The lowest BCUT2D eigenvalue weighted by Crippen LogP contribution is -2.37. The van der Waals surface area contributed by atoms with Crippen molar-refractivity contribution in [2.24, 2.45) is 0 Å². The molecule has 0 aromatic rings. The Hall–Kier alpha value is -1.81. The van der Waals surface area contributed by atoms with Crippen molar-refractivity contribution in [1.29, 1.82) is 0 Å². The molecule has 0 spiro atoms. The minimum atomic E-state index is -4.39. The van der Waals surface area contributed by atoms with Crippen molar-refractivity contribution in [3.63, 3.8) is 0 Å². The first-order valence-electron chi connectivity index (χ1n) is 22.8. The molecule has 0 bridgehead atoms. The van der Waals surface area contributed by atoms with E-state index >= 15 is 0 Å². The number of carbonyl (C=O) groups excluding carboxylic acids is 2. The normalized spacial score (nSPS) is 17.4. The molecular formula is C46H85NO9P+. The fourth-order valence-corrected chi connectivity index (χ4v) is 7.08. The van der Waals surface area contributed by atoms with E-state index in [-0.39, 0.29) is 32.0 Å². The van der Waals surface area contributed by atoms with Gasteiger partial charge in [-0.05, 0) is 51.4 Å². The predicted octanol–water partition coefficient (Wildman–Crippen LogP) is 11.9. The molecule has 1 heterocycles. The molecule has 1 aliphatic heterocycles. The first-order valence-corrected chi connectivity index (χ1v) is 24.3. The molecule has 1 aliphatic rings. The predicted molar refractivity (Wildman–Crippen MR) is 233 cm³/mol. The standard InChI is InChI=1S/C46H84NO9P/c1-6-8-10-12-14-15-16-17-18-19-20-21-24-28-32-36-45(48)52-40-42(41-54-57(50,51)53-39-38-47(3,4)5)55-46(49)37-33-29-25-22-23-27-31-35-44-43(56-44)34-30-26-13-11-9-7-2/h22,25-27,30-31,42-44H,6-21,23-24,28-29,32-41H2,1-5H3/p+1/b25-22-,30-26+,31-27-. The summed E-state index contributed by atoms with van der Waals surface area (Å²) in [5.74, 6) is -0.866. The highest BCUT2D eigenvalue weighted by Gasteiger charge is 2.36. The van der Waals surface area contributed by atoms with E-state index in [1.165, 1.54) is 96.3 Å². The number of quaternary nitrogens is 1. The number of phosphoric ester groups is 1. The first-order chi connectivity index (χ1) is 27.5. The smallest absolute Gasteiger partial charge is 0.462 e. The number of ether oxygens (including phenoxy) is 3. The minimum Gasteiger partial charge on any atom is -0.462 e. The van der Waals surface area contributed by atoms with Crippen LogP contribution in [0.4, 0.5) is 0 Å². The average molecular weight is 827 g/mol. The zero-order valence-electron chi connectivity index (χ0n) is 37.0. The second-order valence-corrected chi connectivity index (χ2v) is 18.3. The Kier molecular flexibility index (Phi) is 32.7. The van der Waals surface area contributed by atoms with Crippen LogP contribution in [-0.4, -0.2) is 87.1 Å². The highest BCUT2D eigenvalue weighted by atomic mass is 31.2. The average Bonchev–Trinajstić information content (AvgIpc) is 3.92. The summed E-state index contributed by atoms with van der Waals surface area (Å²) in [6.07, 6.45) is 40.8. The molecule has 57 heavy (non-hydrogen) atoms. The van der Waals surface area contributed by atoms with E-state index in [0.717, 1.165) is 44.9 Å². The van der Waals surface area contributed by atoms with Gasteiger partial charge in [0.05, 0.1) is 40.0 Å².